The molecular formula is C16H23NO4. The number of carbonyl (C=O) groups is 2. The van der Waals surface area contributed by atoms with Gasteiger partial charge < -0.3 is 14.7 Å². The van der Waals surface area contributed by atoms with Crippen molar-refractivity contribution >= 4 is 17.6 Å². The zero-order valence-electron chi connectivity index (χ0n) is 12.8. The van der Waals surface area contributed by atoms with Gasteiger partial charge in [0.1, 0.15) is 0 Å². The molecule has 0 aliphatic carbocycles. The molecule has 0 amide bonds. The lowest BCUT2D eigenvalue weighted by molar-refractivity contribution is -0.140. The maximum absolute atomic E-state index is 10.8. The minimum Gasteiger partial charge on any atom is -0.481 e. The quantitative estimate of drug-likeness (QED) is 0.645. The molecule has 0 saturated heterocycles. The third kappa shape index (κ3) is 8.47. The number of esters is 1. The number of carboxylic acids is 1. The molecule has 0 bridgehead atoms. The van der Waals surface area contributed by atoms with E-state index in [2.05, 4.69) is 16.2 Å². The highest BCUT2D eigenvalue weighted by Crippen LogP contribution is 2.14. The molecule has 1 aromatic carbocycles. The first kappa shape index (κ1) is 18.7. The van der Waals surface area contributed by atoms with Gasteiger partial charge in [0.2, 0.25) is 0 Å². The number of rotatable bonds is 6. The summed E-state index contributed by atoms with van der Waals surface area (Å²) in [7, 11) is 0. The number of ether oxygens (including phenoxy) is 1. The number of anilines is 1. The van der Waals surface area contributed by atoms with E-state index in [0.29, 0.717) is 6.54 Å². The second-order valence-electron chi connectivity index (χ2n) is 4.39. The molecule has 0 radical (unpaired) electrons. The third-order valence-corrected chi connectivity index (χ3v) is 2.67. The molecule has 116 valence electrons. The number of carbonyl (C=O) groups excluding carboxylic acids is 1. The SMILES string of the molecule is C=COC(C)=O.CCN(CC(C)C(=O)O)c1ccccc1. The van der Waals surface area contributed by atoms with Crippen LogP contribution in [0.3, 0.4) is 0 Å². The van der Waals surface area contributed by atoms with Crippen LogP contribution < -0.4 is 4.90 Å². The smallest absolute Gasteiger partial charge is 0.308 e. The van der Waals surface area contributed by atoms with E-state index >= 15 is 0 Å². The van der Waals surface area contributed by atoms with Gasteiger partial charge in [0, 0.05) is 25.7 Å². The number of aliphatic carboxylic acids is 1. The fraction of sp³-hybridized carbons (Fsp3) is 0.375. The van der Waals surface area contributed by atoms with E-state index < -0.39 is 5.97 Å². The van der Waals surface area contributed by atoms with Crippen LogP contribution in [0.25, 0.3) is 0 Å². The molecule has 21 heavy (non-hydrogen) atoms. The van der Waals surface area contributed by atoms with Crippen molar-refractivity contribution in [2.75, 3.05) is 18.0 Å². The first-order valence-electron chi connectivity index (χ1n) is 6.73. The maximum Gasteiger partial charge on any atom is 0.308 e. The minimum atomic E-state index is -0.746. The molecular weight excluding hydrogens is 270 g/mol. The van der Waals surface area contributed by atoms with Crippen molar-refractivity contribution in [1.82, 2.24) is 0 Å². The summed E-state index contributed by atoms with van der Waals surface area (Å²) >= 11 is 0. The highest BCUT2D eigenvalue weighted by atomic mass is 16.5. The monoisotopic (exact) mass is 293 g/mol. The van der Waals surface area contributed by atoms with Gasteiger partial charge in [0.25, 0.3) is 0 Å². The second kappa shape index (κ2) is 10.5. The van der Waals surface area contributed by atoms with Gasteiger partial charge in [-0.3, -0.25) is 9.59 Å². The average Bonchev–Trinajstić information content (AvgIpc) is 2.45. The summed E-state index contributed by atoms with van der Waals surface area (Å²) in [5.74, 6) is -1.42. The van der Waals surface area contributed by atoms with Crippen LogP contribution in [0.15, 0.2) is 43.2 Å². The largest absolute Gasteiger partial charge is 0.481 e. The van der Waals surface area contributed by atoms with Crippen molar-refractivity contribution in [2.24, 2.45) is 5.92 Å². The molecule has 0 saturated carbocycles. The first-order valence-corrected chi connectivity index (χ1v) is 6.73. The number of carboxylic acid groups (broad SMARTS) is 1. The van der Waals surface area contributed by atoms with Crippen molar-refractivity contribution < 1.29 is 19.4 Å². The normalized spacial score (nSPS) is 10.6. The molecule has 0 fully saturated rings. The molecule has 1 N–H and O–H groups in total. The predicted molar refractivity (Wildman–Crippen MR) is 83.1 cm³/mol. The number of benzene rings is 1. The lowest BCUT2D eigenvalue weighted by atomic mass is 10.1. The Hall–Kier alpha value is -2.30. The minimum absolute atomic E-state index is 0.329. The fourth-order valence-corrected chi connectivity index (χ4v) is 1.58. The Morgan fingerprint density at radius 3 is 2.29 bits per heavy atom. The number of nitrogens with zero attached hydrogens (tertiary/aromatic N) is 1. The predicted octanol–water partition coefficient (Wildman–Crippen LogP) is 2.93. The lowest BCUT2D eigenvalue weighted by Gasteiger charge is -2.24. The topological polar surface area (TPSA) is 66.8 Å². The van der Waals surface area contributed by atoms with Crippen LogP contribution in [0.4, 0.5) is 5.69 Å². The number of hydrogen-bond donors (Lipinski definition) is 1. The molecule has 0 aliphatic rings. The van der Waals surface area contributed by atoms with E-state index in [-0.39, 0.29) is 11.9 Å². The zero-order chi connectivity index (χ0) is 16.3. The zero-order valence-corrected chi connectivity index (χ0v) is 12.8. The van der Waals surface area contributed by atoms with E-state index in [0.717, 1.165) is 18.5 Å². The van der Waals surface area contributed by atoms with Crippen LogP contribution in [0.2, 0.25) is 0 Å². The Morgan fingerprint density at radius 2 is 1.95 bits per heavy atom. The summed E-state index contributed by atoms with van der Waals surface area (Å²) in [5.41, 5.74) is 1.08. The van der Waals surface area contributed by atoms with Gasteiger partial charge in [0.05, 0.1) is 12.2 Å². The van der Waals surface area contributed by atoms with Gasteiger partial charge in [0.15, 0.2) is 0 Å². The van der Waals surface area contributed by atoms with Gasteiger partial charge >= 0.3 is 11.9 Å². The molecule has 5 heteroatoms. The molecule has 1 aromatic rings. The summed E-state index contributed by atoms with van der Waals surface area (Å²) in [6.07, 6.45) is 1.10. The summed E-state index contributed by atoms with van der Waals surface area (Å²) < 4.78 is 4.17. The molecule has 0 aromatic heterocycles. The lowest BCUT2D eigenvalue weighted by Crippen LogP contribution is -2.31. The van der Waals surface area contributed by atoms with Crippen LogP contribution >= 0.6 is 0 Å². The van der Waals surface area contributed by atoms with Gasteiger partial charge in [-0.15, -0.1) is 0 Å². The number of hydrogen-bond acceptors (Lipinski definition) is 4. The standard InChI is InChI=1S/C12H17NO2.C4H6O2/c1-3-13(9-10(2)12(14)15)11-7-5-4-6-8-11;1-3-6-4(2)5/h4-8,10H,3,9H2,1-2H3,(H,14,15);3H,1H2,2H3. The molecule has 0 aliphatic heterocycles. The Balaban J connectivity index is 0.000000567. The van der Waals surface area contributed by atoms with Crippen molar-refractivity contribution in [3.63, 3.8) is 0 Å². The third-order valence-electron chi connectivity index (χ3n) is 2.67. The molecule has 0 spiro atoms. The van der Waals surface area contributed by atoms with E-state index in [1.54, 1.807) is 6.92 Å². The second-order valence-corrected chi connectivity index (χ2v) is 4.39. The van der Waals surface area contributed by atoms with Crippen LogP contribution in [0.5, 0.6) is 0 Å². The molecule has 1 rings (SSSR count). The van der Waals surface area contributed by atoms with Gasteiger partial charge in [-0.1, -0.05) is 31.7 Å². The Labute approximate surface area is 125 Å². The van der Waals surface area contributed by atoms with Crippen molar-refractivity contribution in [3.8, 4) is 0 Å². The van der Waals surface area contributed by atoms with E-state index in [4.69, 9.17) is 5.11 Å². The van der Waals surface area contributed by atoms with Crippen LogP contribution in [0.1, 0.15) is 20.8 Å². The van der Waals surface area contributed by atoms with Crippen molar-refractivity contribution in [3.05, 3.63) is 43.2 Å². The van der Waals surface area contributed by atoms with Crippen LogP contribution in [-0.2, 0) is 14.3 Å². The van der Waals surface area contributed by atoms with Crippen molar-refractivity contribution in [1.29, 1.82) is 0 Å². The Kier molecular flexibility index (Phi) is 9.33. The van der Waals surface area contributed by atoms with E-state index in [1.165, 1.54) is 6.92 Å². The highest BCUT2D eigenvalue weighted by Gasteiger charge is 2.14. The maximum atomic E-state index is 10.8. The average molecular weight is 293 g/mol. The fourth-order valence-electron chi connectivity index (χ4n) is 1.58. The Morgan fingerprint density at radius 1 is 1.38 bits per heavy atom. The van der Waals surface area contributed by atoms with Gasteiger partial charge in [-0.05, 0) is 19.1 Å². The van der Waals surface area contributed by atoms with Gasteiger partial charge in [-0.2, -0.15) is 0 Å². The van der Waals surface area contributed by atoms with E-state index in [9.17, 15) is 9.59 Å². The molecule has 5 nitrogen and oxygen atoms in total. The van der Waals surface area contributed by atoms with Crippen molar-refractivity contribution in [2.45, 2.75) is 20.8 Å². The summed E-state index contributed by atoms with van der Waals surface area (Å²) in [4.78, 5) is 22.6. The molecule has 1 atom stereocenters. The summed E-state index contributed by atoms with van der Waals surface area (Å²) in [6.45, 7) is 9.61. The molecule has 0 heterocycles. The molecule has 1 unspecified atom stereocenters. The van der Waals surface area contributed by atoms with E-state index in [1.807, 2.05) is 37.3 Å². The summed E-state index contributed by atoms with van der Waals surface area (Å²) in [6, 6.07) is 9.88. The number of para-hydroxylation sites is 1. The highest BCUT2D eigenvalue weighted by molar-refractivity contribution is 5.70. The van der Waals surface area contributed by atoms with Gasteiger partial charge in [-0.25, -0.2) is 0 Å². The van der Waals surface area contributed by atoms with Crippen LogP contribution in [0, 0.1) is 5.92 Å². The van der Waals surface area contributed by atoms with Crippen LogP contribution in [-0.4, -0.2) is 30.1 Å². The first-order chi connectivity index (χ1) is 9.92. The Bertz CT molecular complexity index is 445. The summed E-state index contributed by atoms with van der Waals surface area (Å²) in [5, 5.41) is 8.85.